The summed E-state index contributed by atoms with van der Waals surface area (Å²) < 4.78 is 2.21. The van der Waals surface area contributed by atoms with Gasteiger partial charge in [0.2, 0.25) is 0 Å². The summed E-state index contributed by atoms with van der Waals surface area (Å²) in [6.07, 6.45) is 3.93. The molecule has 1 aromatic carbocycles. The van der Waals surface area contributed by atoms with E-state index in [9.17, 15) is 0 Å². The van der Waals surface area contributed by atoms with Crippen molar-refractivity contribution >= 4 is 22.7 Å². The lowest BCUT2D eigenvalue weighted by atomic mass is 9.92. The molecule has 3 aromatic rings. The average molecular weight is 448 g/mol. The molecule has 2 aromatic heterocycles. The maximum atomic E-state index is 5.25. The maximum absolute atomic E-state index is 5.25. The van der Waals surface area contributed by atoms with E-state index >= 15 is 0 Å². The third-order valence-electron chi connectivity index (χ3n) is 6.97. The number of hydrogen-bond donors (Lipinski definition) is 0. The predicted octanol–water partition coefficient (Wildman–Crippen LogP) is 6.28. The second kappa shape index (κ2) is 8.14. The number of aryl methyl sites for hydroxylation is 2. The molecular formula is C26H33N5S. The van der Waals surface area contributed by atoms with Gasteiger partial charge in [0.25, 0.3) is 0 Å². The molecule has 1 fully saturated rings. The molecule has 0 spiro atoms. The fourth-order valence-corrected chi connectivity index (χ4v) is 6.28. The van der Waals surface area contributed by atoms with Gasteiger partial charge < -0.3 is 4.90 Å². The Morgan fingerprint density at radius 1 is 1.03 bits per heavy atom. The molecule has 0 aliphatic carbocycles. The van der Waals surface area contributed by atoms with E-state index < -0.39 is 0 Å². The van der Waals surface area contributed by atoms with Gasteiger partial charge in [0.15, 0.2) is 5.82 Å². The van der Waals surface area contributed by atoms with Crippen molar-refractivity contribution in [2.24, 2.45) is 4.99 Å². The van der Waals surface area contributed by atoms with Crippen LogP contribution in [0.4, 0.5) is 5.69 Å². The van der Waals surface area contributed by atoms with E-state index in [1.807, 2.05) is 18.3 Å². The number of benzene rings is 1. The molecule has 1 saturated heterocycles. The maximum Gasteiger partial charge on any atom is 0.162 e. The van der Waals surface area contributed by atoms with Crippen molar-refractivity contribution in [3.05, 3.63) is 57.0 Å². The number of anilines is 1. The highest BCUT2D eigenvalue weighted by Gasteiger charge is 2.30. The molecule has 0 unspecified atom stereocenters. The quantitative estimate of drug-likeness (QED) is 0.475. The zero-order chi connectivity index (χ0) is 22.6. The van der Waals surface area contributed by atoms with Gasteiger partial charge >= 0.3 is 0 Å². The van der Waals surface area contributed by atoms with Gasteiger partial charge in [-0.25, -0.2) is 0 Å². The Hall–Kier alpha value is -2.47. The molecule has 0 radical (unpaired) electrons. The number of fused-ring (bicyclic) bond motifs is 3. The summed E-state index contributed by atoms with van der Waals surface area (Å²) >= 11 is 1.82. The lowest BCUT2D eigenvalue weighted by Crippen LogP contribution is -2.30. The van der Waals surface area contributed by atoms with Gasteiger partial charge in [0.1, 0.15) is 16.9 Å². The van der Waals surface area contributed by atoms with Crippen LogP contribution >= 0.6 is 11.3 Å². The highest BCUT2D eigenvalue weighted by Crippen LogP contribution is 2.39. The van der Waals surface area contributed by atoms with Gasteiger partial charge in [-0.1, -0.05) is 19.9 Å². The van der Waals surface area contributed by atoms with Gasteiger partial charge in [-0.2, -0.15) is 0 Å². The topological polar surface area (TPSA) is 46.3 Å². The van der Waals surface area contributed by atoms with E-state index in [0.29, 0.717) is 5.92 Å². The molecule has 32 heavy (non-hydrogen) atoms. The molecule has 0 N–H and O–H groups in total. The Balaban J connectivity index is 1.68. The van der Waals surface area contributed by atoms with Gasteiger partial charge in [0, 0.05) is 34.8 Å². The third kappa shape index (κ3) is 3.40. The van der Waals surface area contributed by atoms with Crippen LogP contribution in [0.1, 0.15) is 90.8 Å². The molecule has 0 amide bonds. The van der Waals surface area contributed by atoms with Crippen molar-refractivity contribution in [3.8, 4) is 5.00 Å². The summed E-state index contributed by atoms with van der Waals surface area (Å²) in [5, 5.41) is 10.1. The Bertz CT molecular complexity index is 1190. The van der Waals surface area contributed by atoms with Crippen molar-refractivity contribution in [2.45, 2.75) is 72.8 Å². The van der Waals surface area contributed by atoms with Crippen LogP contribution in [0.25, 0.3) is 5.00 Å². The number of rotatable bonds is 3. The summed E-state index contributed by atoms with van der Waals surface area (Å²) in [6.45, 7) is 15.5. The molecule has 5 nitrogen and oxygen atoms in total. The normalized spacial score (nSPS) is 18.4. The number of thiophene rings is 1. The van der Waals surface area contributed by atoms with E-state index in [0.717, 1.165) is 30.5 Å². The van der Waals surface area contributed by atoms with Crippen LogP contribution in [0, 0.1) is 20.8 Å². The van der Waals surface area contributed by atoms with Crippen molar-refractivity contribution in [1.82, 2.24) is 14.8 Å². The number of aliphatic imine (C=N–C) groups is 1. The Morgan fingerprint density at radius 3 is 2.50 bits per heavy atom. The number of hydrogen-bond acceptors (Lipinski definition) is 5. The third-order valence-corrected chi connectivity index (χ3v) is 8.17. The van der Waals surface area contributed by atoms with E-state index in [-0.39, 0.29) is 6.04 Å². The summed E-state index contributed by atoms with van der Waals surface area (Å²) in [7, 11) is 0. The molecule has 5 rings (SSSR count). The summed E-state index contributed by atoms with van der Waals surface area (Å²) in [4.78, 5) is 9.15. The van der Waals surface area contributed by atoms with E-state index in [1.165, 1.54) is 57.1 Å². The monoisotopic (exact) mass is 447 g/mol. The minimum absolute atomic E-state index is 0.0465. The largest absolute Gasteiger partial charge is 0.371 e. The second-order valence-corrected chi connectivity index (χ2v) is 10.7. The lowest BCUT2D eigenvalue weighted by molar-refractivity contribution is 0.575. The summed E-state index contributed by atoms with van der Waals surface area (Å²) in [5.74, 6) is 2.31. The summed E-state index contributed by atoms with van der Waals surface area (Å²) in [6, 6.07) is 6.98. The van der Waals surface area contributed by atoms with Gasteiger partial charge in [-0.3, -0.25) is 9.56 Å². The minimum atomic E-state index is -0.0465. The lowest BCUT2D eigenvalue weighted by Gasteiger charge is -2.32. The SMILES string of the molecule is Cc1sc2c(c1C)C(c1ccc(N3CCCCC3)c(C(C)C)c1)=N[C@@H](C)c1nnc(C)n1-2. The Morgan fingerprint density at radius 2 is 1.78 bits per heavy atom. The smallest absolute Gasteiger partial charge is 0.162 e. The molecule has 6 heteroatoms. The van der Waals surface area contributed by atoms with Crippen LogP contribution in [-0.4, -0.2) is 33.6 Å². The number of nitrogens with zero attached hydrogens (tertiary/aromatic N) is 5. The Kier molecular flexibility index (Phi) is 5.44. The van der Waals surface area contributed by atoms with Crippen molar-refractivity contribution in [3.63, 3.8) is 0 Å². The van der Waals surface area contributed by atoms with Gasteiger partial charge in [-0.15, -0.1) is 21.5 Å². The first kappa shape index (κ1) is 21.4. The molecule has 2 aliphatic rings. The molecule has 1 atom stereocenters. The first-order valence-corrected chi connectivity index (χ1v) is 12.7. The first-order valence-electron chi connectivity index (χ1n) is 11.9. The predicted molar refractivity (Wildman–Crippen MR) is 134 cm³/mol. The van der Waals surface area contributed by atoms with Crippen molar-refractivity contribution < 1.29 is 0 Å². The van der Waals surface area contributed by atoms with Gasteiger partial charge in [0.05, 0.1) is 5.71 Å². The Labute approximate surface area is 195 Å². The van der Waals surface area contributed by atoms with Crippen LogP contribution in [-0.2, 0) is 0 Å². The van der Waals surface area contributed by atoms with Gasteiger partial charge in [-0.05, 0) is 76.1 Å². The van der Waals surface area contributed by atoms with Crippen LogP contribution in [0.15, 0.2) is 23.2 Å². The summed E-state index contributed by atoms with van der Waals surface area (Å²) in [5.41, 5.74) is 7.67. The molecule has 2 aliphatic heterocycles. The van der Waals surface area contributed by atoms with Crippen LogP contribution in [0.2, 0.25) is 0 Å². The highest BCUT2D eigenvalue weighted by molar-refractivity contribution is 7.15. The first-order chi connectivity index (χ1) is 15.4. The van der Waals surface area contributed by atoms with Crippen LogP contribution in [0.3, 0.4) is 0 Å². The van der Waals surface area contributed by atoms with E-state index in [1.54, 1.807) is 0 Å². The second-order valence-electron chi connectivity index (χ2n) is 9.53. The number of aromatic nitrogens is 3. The molecule has 4 heterocycles. The van der Waals surface area contributed by atoms with E-state index in [2.05, 4.69) is 72.5 Å². The van der Waals surface area contributed by atoms with Crippen molar-refractivity contribution in [1.29, 1.82) is 0 Å². The zero-order valence-electron chi connectivity index (χ0n) is 20.1. The molecule has 0 bridgehead atoms. The average Bonchev–Trinajstić information content (AvgIpc) is 3.27. The van der Waals surface area contributed by atoms with Crippen molar-refractivity contribution in [2.75, 3.05) is 18.0 Å². The minimum Gasteiger partial charge on any atom is -0.371 e. The van der Waals surface area contributed by atoms with E-state index in [4.69, 9.17) is 4.99 Å². The van der Waals surface area contributed by atoms with Crippen LogP contribution in [0.5, 0.6) is 0 Å². The highest BCUT2D eigenvalue weighted by atomic mass is 32.1. The zero-order valence-corrected chi connectivity index (χ0v) is 20.9. The number of piperidine rings is 1. The van der Waals surface area contributed by atoms with Crippen LogP contribution < -0.4 is 4.90 Å². The fraction of sp³-hybridized carbons (Fsp3) is 0.500. The molecular weight excluding hydrogens is 414 g/mol. The molecule has 168 valence electrons. The standard InChI is InChI=1S/C26H33N5S/c1-15(2)21-14-20(10-11-22(21)30-12-8-7-9-13-30)24-23-16(3)18(5)32-26(23)31-19(6)28-29-25(31)17(4)27-24/h10-11,14-15,17H,7-9,12-13H2,1-6H3/t17-/m0/s1. The fourth-order valence-electron chi connectivity index (χ4n) is 5.07. The molecule has 0 saturated carbocycles.